The van der Waals surface area contributed by atoms with Crippen molar-refractivity contribution in [1.29, 1.82) is 0 Å². The van der Waals surface area contributed by atoms with Gasteiger partial charge in [-0.2, -0.15) is 0 Å². The molecule has 4 rings (SSSR count). The Kier molecular flexibility index (Phi) is 5.36. The van der Waals surface area contributed by atoms with Gasteiger partial charge in [0.25, 0.3) is 0 Å². The van der Waals surface area contributed by atoms with Crippen LogP contribution in [0.5, 0.6) is 0 Å². The first-order valence-electron chi connectivity index (χ1n) is 10.6. The largest absolute Gasteiger partial charge is 0.349 e. The Morgan fingerprint density at radius 1 is 1.32 bits per heavy atom. The topological polar surface area (TPSA) is 47.6 Å². The van der Waals surface area contributed by atoms with Gasteiger partial charge >= 0.3 is 0 Å². The standard InChI is InChI=1S/C22H32N4OS/c1-15(2)13-19-20(27)26(18-7-8-18)22(24-19)9-11-25(12-10-22)21(28)23-17-6-4-5-16(3)14-17/h4-6,14-15,18-19,24H,7-13H2,1-3H3,(H,23,28)/t19-/m0/s1. The molecule has 3 aliphatic rings. The molecule has 5 nitrogen and oxygen atoms in total. The van der Waals surface area contributed by atoms with Crippen molar-refractivity contribution in [2.45, 2.75) is 70.6 Å². The summed E-state index contributed by atoms with van der Waals surface area (Å²) in [5.41, 5.74) is 2.08. The van der Waals surface area contributed by atoms with Crippen LogP contribution in [0, 0.1) is 12.8 Å². The molecule has 152 valence electrons. The summed E-state index contributed by atoms with van der Waals surface area (Å²) in [6.45, 7) is 8.21. The molecule has 1 atom stereocenters. The minimum atomic E-state index is -0.173. The van der Waals surface area contributed by atoms with E-state index in [1.54, 1.807) is 0 Å². The highest BCUT2D eigenvalue weighted by atomic mass is 32.1. The van der Waals surface area contributed by atoms with E-state index in [9.17, 15) is 4.79 Å². The summed E-state index contributed by atoms with van der Waals surface area (Å²) >= 11 is 5.67. The SMILES string of the molecule is Cc1cccc(NC(=S)N2CCC3(CC2)N[C@@H](CC(C)C)C(=O)N3C2CC2)c1. The second kappa shape index (κ2) is 7.64. The number of likely N-dealkylation sites (tertiary alicyclic amines) is 1. The minimum absolute atomic E-state index is 0.0236. The van der Waals surface area contributed by atoms with Gasteiger partial charge in [0.15, 0.2) is 5.11 Å². The fourth-order valence-electron chi connectivity index (χ4n) is 4.72. The zero-order valence-corrected chi connectivity index (χ0v) is 18.0. The molecule has 28 heavy (non-hydrogen) atoms. The summed E-state index contributed by atoms with van der Waals surface area (Å²) in [4.78, 5) is 17.6. The average Bonchev–Trinajstić information content (AvgIpc) is 3.42. The lowest BCUT2D eigenvalue weighted by molar-refractivity contribution is -0.134. The molecule has 2 aliphatic heterocycles. The Hall–Kier alpha value is -1.66. The van der Waals surface area contributed by atoms with Crippen LogP contribution >= 0.6 is 12.2 Å². The zero-order valence-electron chi connectivity index (χ0n) is 17.2. The number of aryl methyl sites for hydroxylation is 1. The first-order valence-corrected chi connectivity index (χ1v) is 11.0. The molecule has 1 aromatic rings. The number of anilines is 1. The summed E-state index contributed by atoms with van der Waals surface area (Å²) in [6.07, 6.45) is 5.08. The van der Waals surface area contributed by atoms with Crippen molar-refractivity contribution >= 4 is 28.9 Å². The molecular weight excluding hydrogens is 368 g/mol. The Balaban J connectivity index is 1.41. The monoisotopic (exact) mass is 400 g/mol. The van der Waals surface area contributed by atoms with Gasteiger partial charge in [-0.05, 0) is 62.0 Å². The average molecular weight is 401 g/mol. The van der Waals surface area contributed by atoms with E-state index in [2.05, 4.69) is 53.3 Å². The van der Waals surface area contributed by atoms with Crippen molar-refractivity contribution in [3.05, 3.63) is 29.8 Å². The Labute approximate surface area is 173 Å². The van der Waals surface area contributed by atoms with Crippen LogP contribution in [-0.4, -0.2) is 51.7 Å². The molecule has 2 N–H and O–H groups in total. The summed E-state index contributed by atoms with van der Waals surface area (Å²) in [6, 6.07) is 8.71. The first-order chi connectivity index (χ1) is 13.4. The number of hydrogen-bond acceptors (Lipinski definition) is 3. The molecule has 0 bridgehead atoms. The smallest absolute Gasteiger partial charge is 0.241 e. The molecule has 1 spiro atoms. The molecule has 1 saturated carbocycles. The van der Waals surface area contributed by atoms with Crippen molar-refractivity contribution in [2.75, 3.05) is 18.4 Å². The summed E-state index contributed by atoms with van der Waals surface area (Å²) in [5, 5.41) is 7.92. The lowest BCUT2D eigenvalue weighted by Crippen LogP contribution is -2.60. The number of carbonyl (C=O) groups is 1. The van der Waals surface area contributed by atoms with Crippen molar-refractivity contribution in [3.63, 3.8) is 0 Å². The fourth-order valence-corrected chi connectivity index (χ4v) is 5.02. The first kappa shape index (κ1) is 19.6. The third-order valence-corrected chi connectivity index (χ3v) is 6.57. The highest BCUT2D eigenvalue weighted by Gasteiger charge is 2.55. The summed E-state index contributed by atoms with van der Waals surface area (Å²) in [5.74, 6) is 0.842. The molecule has 0 radical (unpaired) electrons. The highest BCUT2D eigenvalue weighted by molar-refractivity contribution is 7.80. The van der Waals surface area contributed by atoms with E-state index in [4.69, 9.17) is 12.2 Å². The van der Waals surface area contributed by atoms with Gasteiger partial charge in [-0.1, -0.05) is 26.0 Å². The maximum Gasteiger partial charge on any atom is 0.241 e. The van der Waals surface area contributed by atoms with Gasteiger partial charge in [0, 0.05) is 37.7 Å². The predicted molar refractivity (Wildman–Crippen MR) is 117 cm³/mol. The van der Waals surface area contributed by atoms with E-state index < -0.39 is 0 Å². The highest BCUT2D eigenvalue weighted by Crippen LogP contribution is 2.41. The second-order valence-corrected chi connectivity index (χ2v) is 9.47. The van der Waals surface area contributed by atoms with Gasteiger partial charge in [0.1, 0.15) is 0 Å². The summed E-state index contributed by atoms with van der Waals surface area (Å²) < 4.78 is 0. The lowest BCUT2D eigenvalue weighted by atomic mass is 9.95. The van der Waals surface area contributed by atoms with Crippen LogP contribution in [0.25, 0.3) is 0 Å². The van der Waals surface area contributed by atoms with E-state index >= 15 is 0 Å². The number of benzene rings is 1. The van der Waals surface area contributed by atoms with Crippen LogP contribution in [0.2, 0.25) is 0 Å². The van der Waals surface area contributed by atoms with Gasteiger partial charge < -0.3 is 15.1 Å². The number of thiocarbonyl (C=S) groups is 1. The van der Waals surface area contributed by atoms with Crippen LogP contribution < -0.4 is 10.6 Å². The second-order valence-electron chi connectivity index (χ2n) is 9.08. The Morgan fingerprint density at radius 2 is 2.04 bits per heavy atom. The Morgan fingerprint density at radius 3 is 2.64 bits per heavy atom. The maximum atomic E-state index is 13.1. The van der Waals surface area contributed by atoms with E-state index in [-0.39, 0.29) is 11.7 Å². The molecular formula is C22H32N4OS. The molecule has 2 saturated heterocycles. The van der Waals surface area contributed by atoms with E-state index in [0.29, 0.717) is 17.9 Å². The number of nitrogens with zero attached hydrogens (tertiary/aromatic N) is 2. The van der Waals surface area contributed by atoms with Crippen LogP contribution in [-0.2, 0) is 4.79 Å². The van der Waals surface area contributed by atoms with Crippen LogP contribution in [0.4, 0.5) is 5.69 Å². The van der Waals surface area contributed by atoms with Crippen molar-refractivity contribution in [2.24, 2.45) is 5.92 Å². The Bertz CT molecular complexity index is 753. The van der Waals surface area contributed by atoms with Gasteiger partial charge in [0.2, 0.25) is 5.91 Å². The zero-order chi connectivity index (χ0) is 19.9. The molecule has 1 aromatic carbocycles. The van der Waals surface area contributed by atoms with E-state index in [0.717, 1.165) is 56.0 Å². The quantitative estimate of drug-likeness (QED) is 0.758. The number of amides is 1. The lowest BCUT2D eigenvalue weighted by Gasteiger charge is -2.45. The molecule has 1 amide bonds. The van der Waals surface area contributed by atoms with Crippen LogP contribution in [0.1, 0.15) is 51.5 Å². The van der Waals surface area contributed by atoms with Gasteiger partial charge in [0.05, 0.1) is 11.7 Å². The third-order valence-electron chi connectivity index (χ3n) is 6.21. The molecule has 0 unspecified atom stereocenters. The van der Waals surface area contributed by atoms with E-state index in [1.165, 1.54) is 5.56 Å². The van der Waals surface area contributed by atoms with Crippen molar-refractivity contribution in [1.82, 2.24) is 15.1 Å². The molecule has 2 heterocycles. The van der Waals surface area contributed by atoms with Crippen molar-refractivity contribution in [3.8, 4) is 0 Å². The molecule has 1 aliphatic carbocycles. The van der Waals surface area contributed by atoms with Gasteiger partial charge in [-0.15, -0.1) is 0 Å². The van der Waals surface area contributed by atoms with Gasteiger partial charge in [-0.25, -0.2) is 0 Å². The number of hydrogen-bond donors (Lipinski definition) is 2. The number of carbonyl (C=O) groups excluding carboxylic acids is 1. The predicted octanol–water partition coefficient (Wildman–Crippen LogP) is 3.49. The number of rotatable bonds is 4. The van der Waals surface area contributed by atoms with Crippen molar-refractivity contribution < 1.29 is 4.79 Å². The van der Waals surface area contributed by atoms with E-state index in [1.807, 2.05) is 12.1 Å². The minimum Gasteiger partial charge on any atom is -0.349 e. The summed E-state index contributed by atoms with van der Waals surface area (Å²) in [7, 11) is 0. The third kappa shape index (κ3) is 3.90. The van der Waals surface area contributed by atoms with Crippen LogP contribution in [0.3, 0.4) is 0 Å². The fraction of sp³-hybridized carbons (Fsp3) is 0.636. The maximum absolute atomic E-state index is 13.1. The normalized spacial score (nSPS) is 24.3. The molecule has 0 aromatic heterocycles. The number of nitrogens with one attached hydrogen (secondary N) is 2. The molecule has 6 heteroatoms. The molecule has 3 fully saturated rings. The van der Waals surface area contributed by atoms with Crippen LogP contribution in [0.15, 0.2) is 24.3 Å². The number of piperidine rings is 1. The van der Waals surface area contributed by atoms with Gasteiger partial charge in [-0.3, -0.25) is 10.1 Å².